The second kappa shape index (κ2) is 6.18. The highest BCUT2D eigenvalue weighted by molar-refractivity contribution is 7.80. The number of hydrogen-bond acceptors (Lipinski definition) is 3. The van der Waals surface area contributed by atoms with Crippen LogP contribution in [0, 0.1) is 11.3 Å². The van der Waals surface area contributed by atoms with Gasteiger partial charge in [-0.3, -0.25) is 0 Å². The Balaban J connectivity index is 2.73. The number of ether oxygens (including phenoxy) is 1. The standard InChI is InChI=1S/C16H14N2OS/c1-2-19-15-8-7-11-5-3-4-6-13(11)14(15)9-12(10-17)16(18)20/h3-9H,2H2,1H3,(H2,18,20). The third-order valence-electron chi connectivity index (χ3n) is 2.91. The van der Waals surface area contributed by atoms with Crippen LogP contribution in [-0.4, -0.2) is 11.6 Å². The Morgan fingerprint density at radius 1 is 1.35 bits per heavy atom. The summed E-state index contributed by atoms with van der Waals surface area (Å²) >= 11 is 4.89. The monoisotopic (exact) mass is 282 g/mol. The summed E-state index contributed by atoms with van der Waals surface area (Å²) in [5.41, 5.74) is 6.67. The van der Waals surface area contributed by atoms with E-state index < -0.39 is 0 Å². The van der Waals surface area contributed by atoms with Crippen LogP contribution in [0.15, 0.2) is 42.0 Å². The van der Waals surface area contributed by atoms with E-state index in [9.17, 15) is 0 Å². The minimum absolute atomic E-state index is 0.0860. The first-order valence-electron chi connectivity index (χ1n) is 6.23. The zero-order valence-electron chi connectivity index (χ0n) is 11.1. The van der Waals surface area contributed by atoms with Crippen LogP contribution in [0.2, 0.25) is 0 Å². The Kier molecular flexibility index (Phi) is 4.34. The molecule has 0 spiro atoms. The SMILES string of the molecule is CCOc1ccc2ccccc2c1C=C(C#N)C(N)=S. The van der Waals surface area contributed by atoms with E-state index in [0.29, 0.717) is 6.61 Å². The molecule has 2 rings (SSSR count). The molecule has 0 saturated carbocycles. The van der Waals surface area contributed by atoms with Crippen molar-refractivity contribution in [3.05, 3.63) is 47.5 Å². The lowest BCUT2D eigenvalue weighted by Gasteiger charge is -2.11. The van der Waals surface area contributed by atoms with E-state index >= 15 is 0 Å². The van der Waals surface area contributed by atoms with E-state index in [4.69, 9.17) is 28.0 Å². The number of hydrogen-bond donors (Lipinski definition) is 1. The van der Waals surface area contributed by atoms with Crippen LogP contribution in [0.1, 0.15) is 12.5 Å². The summed E-state index contributed by atoms with van der Waals surface area (Å²) in [6, 6.07) is 13.8. The van der Waals surface area contributed by atoms with Gasteiger partial charge in [-0.05, 0) is 29.8 Å². The fourth-order valence-corrected chi connectivity index (χ4v) is 2.11. The average molecular weight is 282 g/mol. The minimum atomic E-state index is 0.0860. The highest BCUT2D eigenvalue weighted by atomic mass is 32.1. The molecule has 0 aromatic heterocycles. The number of fused-ring (bicyclic) bond motifs is 1. The van der Waals surface area contributed by atoms with Crippen molar-refractivity contribution in [2.75, 3.05) is 6.61 Å². The first kappa shape index (κ1) is 14.0. The molecule has 0 saturated heterocycles. The Morgan fingerprint density at radius 3 is 2.75 bits per heavy atom. The molecular weight excluding hydrogens is 268 g/mol. The van der Waals surface area contributed by atoms with Gasteiger partial charge in [-0.1, -0.05) is 42.5 Å². The second-order valence-corrected chi connectivity index (χ2v) is 4.61. The van der Waals surface area contributed by atoms with Gasteiger partial charge in [0.25, 0.3) is 0 Å². The molecule has 0 radical (unpaired) electrons. The summed E-state index contributed by atoms with van der Waals surface area (Å²) in [7, 11) is 0. The zero-order valence-corrected chi connectivity index (χ0v) is 11.9. The summed E-state index contributed by atoms with van der Waals surface area (Å²) in [5.74, 6) is 0.718. The van der Waals surface area contributed by atoms with Crippen LogP contribution in [-0.2, 0) is 0 Å². The van der Waals surface area contributed by atoms with Crippen LogP contribution in [0.3, 0.4) is 0 Å². The van der Waals surface area contributed by atoms with Gasteiger partial charge in [-0.25, -0.2) is 0 Å². The quantitative estimate of drug-likeness (QED) is 0.530. The van der Waals surface area contributed by atoms with Crippen LogP contribution in [0.5, 0.6) is 5.75 Å². The molecule has 2 aromatic carbocycles. The normalized spacial score (nSPS) is 11.1. The second-order valence-electron chi connectivity index (χ2n) is 4.17. The lowest BCUT2D eigenvalue weighted by molar-refractivity contribution is 0.340. The Morgan fingerprint density at radius 2 is 2.10 bits per heavy atom. The first-order valence-corrected chi connectivity index (χ1v) is 6.64. The Bertz CT molecular complexity index is 729. The van der Waals surface area contributed by atoms with Crippen molar-refractivity contribution >= 4 is 34.1 Å². The summed E-state index contributed by atoms with van der Waals surface area (Å²) in [6.45, 7) is 2.47. The third-order valence-corrected chi connectivity index (χ3v) is 3.13. The fraction of sp³-hybridized carbons (Fsp3) is 0.125. The van der Waals surface area contributed by atoms with E-state index in [0.717, 1.165) is 22.1 Å². The van der Waals surface area contributed by atoms with Crippen LogP contribution >= 0.6 is 12.2 Å². The smallest absolute Gasteiger partial charge is 0.127 e. The van der Waals surface area contributed by atoms with Crippen LogP contribution < -0.4 is 10.5 Å². The third kappa shape index (κ3) is 2.79. The molecule has 0 amide bonds. The van der Waals surface area contributed by atoms with E-state index in [-0.39, 0.29) is 10.6 Å². The van der Waals surface area contributed by atoms with E-state index in [1.54, 1.807) is 6.08 Å². The van der Waals surface area contributed by atoms with Crippen molar-refractivity contribution in [2.45, 2.75) is 6.92 Å². The lowest BCUT2D eigenvalue weighted by atomic mass is 10.0. The van der Waals surface area contributed by atoms with Gasteiger partial charge in [0.1, 0.15) is 16.8 Å². The van der Waals surface area contributed by atoms with Crippen molar-refractivity contribution in [2.24, 2.45) is 5.73 Å². The predicted molar refractivity (Wildman–Crippen MR) is 85.5 cm³/mol. The topological polar surface area (TPSA) is 59.0 Å². The molecule has 0 unspecified atom stereocenters. The molecule has 2 aromatic rings. The van der Waals surface area contributed by atoms with Crippen molar-refractivity contribution in [1.29, 1.82) is 5.26 Å². The van der Waals surface area contributed by atoms with Crippen LogP contribution in [0.4, 0.5) is 0 Å². The Labute approximate surface area is 123 Å². The molecule has 100 valence electrons. The largest absolute Gasteiger partial charge is 0.493 e. The van der Waals surface area contributed by atoms with Gasteiger partial charge in [-0.15, -0.1) is 0 Å². The van der Waals surface area contributed by atoms with Gasteiger partial charge in [0.05, 0.1) is 12.2 Å². The number of nitriles is 1. The molecule has 0 atom stereocenters. The highest BCUT2D eigenvalue weighted by Crippen LogP contribution is 2.30. The van der Waals surface area contributed by atoms with Gasteiger partial charge >= 0.3 is 0 Å². The van der Waals surface area contributed by atoms with Gasteiger partial charge < -0.3 is 10.5 Å². The van der Waals surface area contributed by atoms with E-state index in [1.165, 1.54) is 0 Å². The highest BCUT2D eigenvalue weighted by Gasteiger charge is 2.09. The molecule has 20 heavy (non-hydrogen) atoms. The van der Waals surface area contributed by atoms with Crippen LogP contribution in [0.25, 0.3) is 16.8 Å². The summed E-state index contributed by atoms with van der Waals surface area (Å²) in [5, 5.41) is 11.2. The first-order chi connectivity index (χ1) is 9.67. The molecule has 2 N–H and O–H groups in total. The maximum atomic E-state index is 9.12. The molecule has 0 aliphatic rings. The average Bonchev–Trinajstić information content (AvgIpc) is 2.46. The molecule has 0 heterocycles. The van der Waals surface area contributed by atoms with E-state index in [1.807, 2.05) is 49.4 Å². The van der Waals surface area contributed by atoms with Crippen molar-refractivity contribution in [3.8, 4) is 11.8 Å². The molecular formula is C16H14N2OS. The van der Waals surface area contributed by atoms with Crippen molar-refractivity contribution in [3.63, 3.8) is 0 Å². The minimum Gasteiger partial charge on any atom is -0.493 e. The Hall–Kier alpha value is -2.38. The summed E-state index contributed by atoms with van der Waals surface area (Å²) in [4.78, 5) is 0.0860. The molecule has 0 aliphatic heterocycles. The molecule has 0 fully saturated rings. The van der Waals surface area contributed by atoms with Gasteiger partial charge in [-0.2, -0.15) is 5.26 Å². The lowest BCUT2D eigenvalue weighted by Crippen LogP contribution is -2.09. The maximum absolute atomic E-state index is 9.12. The van der Waals surface area contributed by atoms with E-state index in [2.05, 4.69) is 0 Å². The molecule has 0 aliphatic carbocycles. The molecule has 3 nitrogen and oxygen atoms in total. The van der Waals surface area contributed by atoms with Gasteiger partial charge in [0.15, 0.2) is 0 Å². The number of thiocarbonyl (C=S) groups is 1. The van der Waals surface area contributed by atoms with Gasteiger partial charge in [0, 0.05) is 5.56 Å². The van der Waals surface area contributed by atoms with Gasteiger partial charge in [0.2, 0.25) is 0 Å². The predicted octanol–water partition coefficient (Wildman–Crippen LogP) is 3.43. The van der Waals surface area contributed by atoms with Crippen molar-refractivity contribution < 1.29 is 4.74 Å². The summed E-state index contributed by atoms with van der Waals surface area (Å²) < 4.78 is 5.63. The number of benzene rings is 2. The maximum Gasteiger partial charge on any atom is 0.127 e. The number of rotatable bonds is 4. The van der Waals surface area contributed by atoms with Crippen molar-refractivity contribution in [1.82, 2.24) is 0 Å². The number of nitrogens with two attached hydrogens (primary N) is 1. The molecule has 4 heteroatoms. The molecule has 0 bridgehead atoms. The summed E-state index contributed by atoms with van der Waals surface area (Å²) in [6.07, 6.45) is 1.69. The zero-order chi connectivity index (χ0) is 14.5. The number of nitrogens with zero attached hydrogens (tertiary/aromatic N) is 1. The fourth-order valence-electron chi connectivity index (χ4n) is 2.01.